The number of hydrogen-bond donors (Lipinski definition) is 0. The van der Waals surface area contributed by atoms with Crippen LogP contribution >= 0.6 is 0 Å². The summed E-state index contributed by atoms with van der Waals surface area (Å²) in [6.45, 7) is 0. The molecule has 3 heterocycles. The Labute approximate surface area is 203 Å². The number of hydrogen-bond acceptors (Lipinski definition) is 2. The van der Waals surface area contributed by atoms with E-state index < -0.39 is 0 Å². The highest BCUT2D eigenvalue weighted by Crippen LogP contribution is 2.37. The smallest absolute Gasteiger partial charge is 0.0708 e. The molecule has 164 valence electrons. The van der Waals surface area contributed by atoms with Gasteiger partial charge in [0.05, 0.1) is 22.4 Å². The van der Waals surface area contributed by atoms with E-state index in [1.165, 1.54) is 32.6 Å². The molecule has 0 radical (unpaired) electrons. The monoisotopic (exact) mass is 447 g/mol. The van der Waals surface area contributed by atoms with Gasteiger partial charge < -0.3 is 4.57 Å². The van der Waals surface area contributed by atoms with E-state index in [0.717, 1.165) is 28.2 Å². The summed E-state index contributed by atoms with van der Waals surface area (Å²) < 4.78 is 2.37. The highest BCUT2D eigenvalue weighted by atomic mass is 15.0. The van der Waals surface area contributed by atoms with Crippen LogP contribution in [0.25, 0.3) is 60.8 Å². The third kappa shape index (κ3) is 3.21. The van der Waals surface area contributed by atoms with Crippen LogP contribution in [0, 0.1) is 0 Å². The van der Waals surface area contributed by atoms with E-state index in [-0.39, 0.29) is 0 Å². The first-order valence-corrected chi connectivity index (χ1v) is 11.8. The number of fused-ring (bicyclic) bond motifs is 4. The van der Waals surface area contributed by atoms with E-state index in [2.05, 4.69) is 106 Å². The van der Waals surface area contributed by atoms with Gasteiger partial charge in [0.25, 0.3) is 0 Å². The maximum atomic E-state index is 4.63. The van der Waals surface area contributed by atoms with Crippen molar-refractivity contribution in [2.45, 2.75) is 0 Å². The number of benzene rings is 4. The van der Waals surface area contributed by atoms with Gasteiger partial charge in [-0.15, -0.1) is 0 Å². The molecule has 0 bridgehead atoms. The van der Waals surface area contributed by atoms with E-state index in [9.17, 15) is 0 Å². The zero-order valence-electron chi connectivity index (χ0n) is 19.0. The zero-order chi connectivity index (χ0) is 23.2. The standard InChI is InChI=1S/C32H21N3/c1-2-16-31-26(12-1)28-20-22-9-8-13-25(30-15-4-6-18-34-30)27(22)21-32(28)35(31)24-11-7-10-23(19-24)29-14-3-5-17-33-29/h1-21H. The van der Waals surface area contributed by atoms with Crippen LogP contribution in [0.1, 0.15) is 0 Å². The molecule has 0 unspecified atom stereocenters. The van der Waals surface area contributed by atoms with Crippen molar-refractivity contribution >= 4 is 32.6 Å². The van der Waals surface area contributed by atoms with Crippen molar-refractivity contribution < 1.29 is 0 Å². The van der Waals surface area contributed by atoms with Gasteiger partial charge in [-0.2, -0.15) is 0 Å². The van der Waals surface area contributed by atoms with Crippen LogP contribution in [0.15, 0.2) is 128 Å². The fraction of sp³-hybridized carbons (Fsp3) is 0. The molecule has 0 aliphatic rings. The lowest BCUT2D eigenvalue weighted by Gasteiger charge is -2.11. The maximum absolute atomic E-state index is 4.63. The second-order valence-electron chi connectivity index (χ2n) is 8.73. The number of pyridine rings is 2. The molecule has 0 fully saturated rings. The number of aromatic nitrogens is 3. The molecule has 0 saturated heterocycles. The molecule has 35 heavy (non-hydrogen) atoms. The van der Waals surface area contributed by atoms with Crippen LogP contribution in [0.2, 0.25) is 0 Å². The minimum absolute atomic E-state index is 0.970. The number of para-hydroxylation sites is 1. The Kier molecular flexibility index (Phi) is 4.46. The van der Waals surface area contributed by atoms with Crippen molar-refractivity contribution in [3.05, 3.63) is 128 Å². The molecule has 0 N–H and O–H groups in total. The van der Waals surface area contributed by atoms with Crippen molar-refractivity contribution in [3.63, 3.8) is 0 Å². The van der Waals surface area contributed by atoms with E-state index in [4.69, 9.17) is 0 Å². The Morgan fingerprint density at radius 2 is 1.26 bits per heavy atom. The lowest BCUT2D eigenvalue weighted by molar-refractivity contribution is 1.18. The van der Waals surface area contributed by atoms with Gasteiger partial charge >= 0.3 is 0 Å². The second kappa shape index (κ2) is 7.93. The average molecular weight is 448 g/mol. The number of nitrogens with zero attached hydrogens (tertiary/aromatic N) is 3. The second-order valence-corrected chi connectivity index (χ2v) is 8.73. The zero-order valence-corrected chi connectivity index (χ0v) is 19.0. The first-order chi connectivity index (χ1) is 17.4. The molecule has 3 nitrogen and oxygen atoms in total. The normalized spacial score (nSPS) is 11.4. The van der Waals surface area contributed by atoms with Crippen LogP contribution in [0.4, 0.5) is 0 Å². The predicted octanol–water partition coefficient (Wildman–Crippen LogP) is 8.06. The third-order valence-electron chi connectivity index (χ3n) is 6.68. The Hall–Kier alpha value is -4.76. The van der Waals surface area contributed by atoms with Crippen LogP contribution in [-0.4, -0.2) is 14.5 Å². The van der Waals surface area contributed by atoms with E-state index >= 15 is 0 Å². The molecule has 7 aromatic rings. The largest absolute Gasteiger partial charge is 0.309 e. The topological polar surface area (TPSA) is 30.7 Å². The van der Waals surface area contributed by atoms with E-state index in [0.29, 0.717) is 0 Å². The van der Waals surface area contributed by atoms with Crippen molar-refractivity contribution in [2.24, 2.45) is 0 Å². The first kappa shape index (κ1) is 19.7. The molecular formula is C32H21N3. The summed E-state index contributed by atoms with van der Waals surface area (Å²) in [5, 5.41) is 4.90. The van der Waals surface area contributed by atoms with Gasteiger partial charge in [0.1, 0.15) is 0 Å². The summed E-state index contributed by atoms with van der Waals surface area (Å²) in [7, 11) is 0. The Bertz CT molecular complexity index is 1830. The van der Waals surface area contributed by atoms with Gasteiger partial charge in [0.15, 0.2) is 0 Å². The van der Waals surface area contributed by atoms with E-state index in [1.54, 1.807) is 0 Å². The highest BCUT2D eigenvalue weighted by Gasteiger charge is 2.15. The molecule has 0 aliphatic carbocycles. The summed E-state index contributed by atoms with van der Waals surface area (Å²) >= 11 is 0. The van der Waals surface area contributed by atoms with Crippen LogP contribution in [-0.2, 0) is 0 Å². The fourth-order valence-electron chi connectivity index (χ4n) is 5.10. The van der Waals surface area contributed by atoms with Gasteiger partial charge in [-0.25, -0.2) is 0 Å². The molecule has 0 amide bonds. The SMILES string of the molecule is c1ccc(-c2cccc(-n3c4ccccc4c4cc5cccc(-c6ccccn6)c5cc43)c2)nc1. The molecule has 0 saturated carbocycles. The minimum atomic E-state index is 0.970. The predicted molar refractivity (Wildman–Crippen MR) is 145 cm³/mol. The maximum Gasteiger partial charge on any atom is 0.0708 e. The van der Waals surface area contributed by atoms with Crippen LogP contribution in [0.5, 0.6) is 0 Å². The van der Waals surface area contributed by atoms with Gasteiger partial charge in [-0.3, -0.25) is 9.97 Å². The highest BCUT2D eigenvalue weighted by molar-refractivity contribution is 6.15. The van der Waals surface area contributed by atoms with Crippen molar-refractivity contribution in [2.75, 3.05) is 0 Å². The molecule has 0 spiro atoms. The average Bonchev–Trinajstić information content (AvgIpc) is 3.26. The quantitative estimate of drug-likeness (QED) is 0.274. The van der Waals surface area contributed by atoms with Crippen LogP contribution < -0.4 is 0 Å². The molecule has 7 rings (SSSR count). The molecular weight excluding hydrogens is 426 g/mol. The molecule has 3 aromatic heterocycles. The summed E-state index contributed by atoms with van der Waals surface area (Å²) in [6, 6.07) is 40.5. The minimum Gasteiger partial charge on any atom is -0.309 e. The Morgan fingerprint density at radius 3 is 2.09 bits per heavy atom. The fourth-order valence-corrected chi connectivity index (χ4v) is 5.10. The van der Waals surface area contributed by atoms with Crippen molar-refractivity contribution in [1.82, 2.24) is 14.5 Å². The van der Waals surface area contributed by atoms with Gasteiger partial charge in [0, 0.05) is 40.0 Å². The molecule has 0 atom stereocenters. The van der Waals surface area contributed by atoms with Crippen molar-refractivity contribution in [1.29, 1.82) is 0 Å². The van der Waals surface area contributed by atoms with E-state index in [1.807, 2.05) is 36.7 Å². The Morgan fingerprint density at radius 1 is 0.486 bits per heavy atom. The van der Waals surface area contributed by atoms with Gasteiger partial charge in [-0.1, -0.05) is 60.7 Å². The Balaban J connectivity index is 1.55. The summed E-state index contributed by atoms with van der Waals surface area (Å²) in [5.74, 6) is 0. The number of rotatable bonds is 3. The lowest BCUT2D eigenvalue weighted by atomic mass is 9.99. The molecule has 4 aromatic carbocycles. The summed E-state index contributed by atoms with van der Waals surface area (Å²) in [5.41, 5.74) is 7.69. The third-order valence-corrected chi connectivity index (χ3v) is 6.68. The first-order valence-electron chi connectivity index (χ1n) is 11.8. The summed E-state index contributed by atoms with van der Waals surface area (Å²) in [6.07, 6.45) is 3.69. The summed E-state index contributed by atoms with van der Waals surface area (Å²) in [4.78, 5) is 9.20. The van der Waals surface area contributed by atoms with Gasteiger partial charge in [0.2, 0.25) is 0 Å². The molecule has 0 aliphatic heterocycles. The molecule has 3 heteroatoms. The lowest BCUT2D eigenvalue weighted by Crippen LogP contribution is -1.95. The van der Waals surface area contributed by atoms with Crippen molar-refractivity contribution in [3.8, 4) is 28.2 Å². The van der Waals surface area contributed by atoms with Crippen LogP contribution in [0.3, 0.4) is 0 Å². The van der Waals surface area contributed by atoms with Gasteiger partial charge in [-0.05, 0) is 65.4 Å².